The van der Waals surface area contributed by atoms with Crippen molar-refractivity contribution in [3.05, 3.63) is 56.4 Å². The summed E-state index contributed by atoms with van der Waals surface area (Å²) in [5, 5.41) is 0.342. The predicted octanol–water partition coefficient (Wildman–Crippen LogP) is 3.56. The number of aromatic amines is 1. The number of alkyl halides is 2. The molecule has 0 unspecified atom stereocenters. The van der Waals surface area contributed by atoms with Crippen LogP contribution in [0.5, 0.6) is 5.75 Å². The Morgan fingerprint density at radius 1 is 1.31 bits per heavy atom. The normalized spacial score (nSPS) is 11.1. The van der Waals surface area contributed by atoms with Gasteiger partial charge in [-0.15, -0.1) is 11.3 Å². The highest BCUT2D eigenvalue weighted by molar-refractivity contribution is 7.20. The van der Waals surface area contributed by atoms with Crippen LogP contribution in [0, 0.1) is 13.8 Å². The monoisotopic (exact) mass is 380 g/mol. The molecule has 0 saturated heterocycles. The lowest BCUT2D eigenvalue weighted by molar-refractivity contribution is -0.0510. The highest BCUT2D eigenvalue weighted by atomic mass is 32.1. The summed E-state index contributed by atoms with van der Waals surface area (Å²) in [6.45, 7) is 0.0689. The number of carbonyl (C=O) groups is 1. The van der Waals surface area contributed by atoms with Crippen molar-refractivity contribution in [2.24, 2.45) is 0 Å². The minimum absolute atomic E-state index is 0.0582. The fourth-order valence-corrected chi connectivity index (χ4v) is 3.61. The first-order valence-corrected chi connectivity index (χ1v) is 8.38. The second-order valence-electron chi connectivity index (χ2n) is 5.45. The van der Waals surface area contributed by atoms with Gasteiger partial charge in [0, 0.05) is 5.56 Å². The van der Waals surface area contributed by atoms with E-state index < -0.39 is 12.6 Å². The average Bonchev–Trinajstić information content (AvgIpc) is 2.90. The van der Waals surface area contributed by atoms with Crippen LogP contribution in [0.15, 0.2) is 29.1 Å². The van der Waals surface area contributed by atoms with E-state index in [-0.39, 0.29) is 22.8 Å². The molecule has 0 spiro atoms. The van der Waals surface area contributed by atoms with Crippen molar-refractivity contribution in [2.75, 3.05) is 0 Å². The quantitative estimate of drug-likeness (QED) is 0.685. The number of fused-ring (bicyclic) bond motifs is 1. The SMILES string of the molecule is Cc1nc2sc(C(=O)OCc3ccccc3OC(F)F)c(C)c2c(=O)[nH]1. The summed E-state index contributed by atoms with van der Waals surface area (Å²) in [6.07, 6.45) is 0. The van der Waals surface area contributed by atoms with Crippen LogP contribution in [0.25, 0.3) is 10.2 Å². The van der Waals surface area contributed by atoms with E-state index in [0.29, 0.717) is 27.2 Å². The fraction of sp³-hybridized carbons (Fsp3) is 0.235. The number of halogens is 2. The Morgan fingerprint density at radius 3 is 2.77 bits per heavy atom. The van der Waals surface area contributed by atoms with E-state index in [1.54, 1.807) is 26.0 Å². The zero-order valence-corrected chi connectivity index (χ0v) is 14.7. The minimum Gasteiger partial charge on any atom is -0.456 e. The molecule has 0 amide bonds. The molecule has 3 rings (SSSR count). The van der Waals surface area contributed by atoms with Crippen molar-refractivity contribution >= 4 is 27.5 Å². The number of thiophene rings is 1. The molecule has 6 nitrogen and oxygen atoms in total. The largest absolute Gasteiger partial charge is 0.456 e. The number of ether oxygens (including phenoxy) is 2. The maximum Gasteiger partial charge on any atom is 0.387 e. The number of rotatable bonds is 5. The van der Waals surface area contributed by atoms with E-state index in [1.165, 1.54) is 12.1 Å². The summed E-state index contributed by atoms with van der Waals surface area (Å²) in [6, 6.07) is 6.06. The molecule has 0 aliphatic heterocycles. The number of aryl methyl sites for hydroxylation is 2. The van der Waals surface area contributed by atoms with Crippen molar-refractivity contribution in [3.63, 3.8) is 0 Å². The second-order valence-corrected chi connectivity index (χ2v) is 6.45. The summed E-state index contributed by atoms with van der Waals surface area (Å²) in [5.41, 5.74) is 0.462. The molecule has 1 aromatic carbocycles. The molecule has 26 heavy (non-hydrogen) atoms. The molecular weight excluding hydrogens is 366 g/mol. The van der Waals surface area contributed by atoms with Gasteiger partial charge < -0.3 is 14.5 Å². The topological polar surface area (TPSA) is 81.3 Å². The first-order chi connectivity index (χ1) is 12.4. The van der Waals surface area contributed by atoms with E-state index in [0.717, 1.165) is 11.3 Å². The number of H-pyrrole nitrogens is 1. The lowest BCUT2D eigenvalue weighted by Crippen LogP contribution is -2.10. The molecular formula is C17H14F2N2O4S. The molecule has 0 radical (unpaired) electrons. The number of para-hydroxylation sites is 1. The standard InChI is InChI=1S/C17H14F2N2O4S/c1-8-12-14(22)20-9(2)21-15(12)26-13(8)16(23)24-7-10-5-3-4-6-11(10)25-17(18)19/h3-6,17H,7H2,1-2H3,(H,20,21,22). The summed E-state index contributed by atoms with van der Waals surface area (Å²) >= 11 is 1.05. The summed E-state index contributed by atoms with van der Waals surface area (Å²) in [4.78, 5) is 31.9. The van der Waals surface area contributed by atoms with Crippen LogP contribution in [0.2, 0.25) is 0 Å². The summed E-state index contributed by atoms with van der Waals surface area (Å²) < 4.78 is 34.5. The third-order valence-electron chi connectivity index (χ3n) is 3.65. The molecule has 2 heterocycles. The molecule has 0 bridgehead atoms. The van der Waals surface area contributed by atoms with Gasteiger partial charge in [-0.3, -0.25) is 4.79 Å². The summed E-state index contributed by atoms with van der Waals surface area (Å²) in [5.74, 6) is -0.270. The van der Waals surface area contributed by atoms with Gasteiger partial charge in [-0.2, -0.15) is 8.78 Å². The maximum absolute atomic E-state index is 12.4. The number of carbonyl (C=O) groups excluding carboxylic acids is 1. The number of nitrogens with one attached hydrogen (secondary N) is 1. The first kappa shape index (κ1) is 18.0. The Hall–Kier alpha value is -2.81. The molecule has 9 heteroatoms. The Bertz CT molecular complexity index is 1030. The average molecular weight is 380 g/mol. The van der Waals surface area contributed by atoms with Gasteiger partial charge in [0.05, 0.1) is 5.39 Å². The number of nitrogens with zero attached hydrogens (tertiary/aromatic N) is 1. The Morgan fingerprint density at radius 2 is 2.04 bits per heavy atom. The molecule has 0 saturated carbocycles. The Balaban J connectivity index is 1.84. The van der Waals surface area contributed by atoms with Gasteiger partial charge in [-0.1, -0.05) is 18.2 Å². The van der Waals surface area contributed by atoms with Crippen LogP contribution in [0.3, 0.4) is 0 Å². The molecule has 2 aromatic heterocycles. The smallest absolute Gasteiger partial charge is 0.387 e. The van der Waals surface area contributed by atoms with E-state index in [4.69, 9.17) is 4.74 Å². The zero-order valence-electron chi connectivity index (χ0n) is 13.8. The molecule has 1 N–H and O–H groups in total. The molecule has 0 atom stereocenters. The van der Waals surface area contributed by atoms with Crippen LogP contribution in [-0.4, -0.2) is 22.5 Å². The molecule has 136 valence electrons. The van der Waals surface area contributed by atoms with Gasteiger partial charge in [-0.05, 0) is 25.5 Å². The number of benzene rings is 1. The lowest BCUT2D eigenvalue weighted by atomic mass is 10.2. The van der Waals surface area contributed by atoms with Gasteiger partial charge in [-0.25, -0.2) is 9.78 Å². The van der Waals surface area contributed by atoms with E-state index in [1.807, 2.05) is 0 Å². The van der Waals surface area contributed by atoms with Crippen LogP contribution in [0.1, 0.15) is 26.6 Å². The number of esters is 1. The molecule has 3 aromatic rings. The lowest BCUT2D eigenvalue weighted by Gasteiger charge is -2.10. The van der Waals surface area contributed by atoms with Crippen molar-refractivity contribution in [1.82, 2.24) is 9.97 Å². The minimum atomic E-state index is -2.97. The second kappa shape index (κ2) is 7.20. The third kappa shape index (κ3) is 3.57. The van der Waals surface area contributed by atoms with Crippen molar-refractivity contribution in [2.45, 2.75) is 27.1 Å². The first-order valence-electron chi connectivity index (χ1n) is 7.56. The van der Waals surface area contributed by atoms with Gasteiger partial charge >= 0.3 is 12.6 Å². The Kier molecular flexibility index (Phi) is 4.99. The van der Waals surface area contributed by atoms with Crippen molar-refractivity contribution in [3.8, 4) is 5.75 Å². The molecule has 0 aliphatic carbocycles. The van der Waals surface area contributed by atoms with Crippen LogP contribution in [-0.2, 0) is 11.3 Å². The highest BCUT2D eigenvalue weighted by Gasteiger charge is 2.20. The van der Waals surface area contributed by atoms with Crippen molar-refractivity contribution < 1.29 is 23.0 Å². The van der Waals surface area contributed by atoms with Gasteiger partial charge in [0.25, 0.3) is 5.56 Å². The van der Waals surface area contributed by atoms with Crippen molar-refractivity contribution in [1.29, 1.82) is 0 Å². The third-order valence-corrected chi connectivity index (χ3v) is 4.82. The van der Waals surface area contributed by atoms with Crippen LogP contribution >= 0.6 is 11.3 Å². The van der Waals surface area contributed by atoms with Gasteiger partial charge in [0.2, 0.25) is 0 Å². The van der Waals surface area contributed by atoms with Crippen LogP contribution in [0.4, 0.5) is 8.78 Å². The maximum atomic E-state index is 12.4. The molecule has 0 aliphatic rings. The van der Waals surface area contributed by atoms with E-state index >= 15 is 0 Å². The zero-order chi connectivity index (χ0) is 18.8. The number of hydrogen-bond donors (Lipinski definition) is 1. The fourth-order valence-electron chi connectivity index (χ4n) is 2.49. The summed E-state index contributed by atoms with van der Waals surface area (Å²) in [7, 11) is 0. The Labute approximate surface area is 150 Å². The van der Waals surface area contributed by atoms with Gasteiger partial charge in [0.1, 0.15) is 27.9 Å². The molecule has 0 fully saturated rings. The van der Waals surface area contributed by atoms with Crippen LogP contribution < -0.4 is 10.3 Å². The predicted molar refractivity (Wildman–Crippen MR) is 91.9 cm³/mol. The number of hydrogen-bond acceptors (Lipinski definition) is 6. The van der Waals surface area contributed by atoms with Gasteiger partial charge in [0.15, 0.2) is 0 Å². The van der Waals surface area contributed by atoms with E-state index in [2.05, 4.69) is 14.7 Å². The highest BCUT2D eigenvalue weighted by Crippen LogP contribution is 2.28. The van der Waals surface area contributed by atoms with E-state index in [9.17, 15) is 18.4 Å². The number of aromatic nitrogens is 2.